The Hall–Kier alpha value is -1.18. The molecular weight excluding hydrogens is 290 g/mol. The molecule has 0 unspecified atom stereocenters. The second-order valence-corrected chi connectivity index (χ2v) is 6.90. The Morgan fingerprint density at radius 1 is 1.33 bits per heavy atom. The molecule has 0 atom stereocenters. The zero-order chi connectivity index (χ0) is 15.7. The van der Waals surface area contributed by atoms with E-state index < -0.39 is 10.0 Å². The van der Waals surface area contributed by atoms with Crippen LogP contribution >= 0.6 is 0 Å². The van der Waals surface area contributed by atoms with Gasteiger partial charge in [-0.25, -0.2) is 13.1 Å². The lowest BCUT2D eigenvalue weighted by molar-refractivity contribution is 0.114. The number of pyridine rings is 1. The smallest absolute Gasteiger partial charge is 0.244 e. The van der Waals surface area contributed by atoms with Gasteiger partial charge in [0.15, 0.2) is 0 Å². The van der Waals surface area contributed by atoms with Crippen molar-refractivity contribution in [3.8, 4) is 0 Å². The highest BCUT2D eigenvalue weighted by molar-refractivity contribution is 7.89. The SMILES string of the molecule is CCCNc1ccncc1S(=O)(=O)NCCOCC(C)C. The monoisotopic (exact) mass is 315 g/mol. The molecule has 1 aromatic rings. The Kier molecular flexibility index (Phi) is 7.63. The molecule has 1 aromatic heterocycles. The van der Waals surface area contributed by atoms with E-state index in [4.69, 9.17) is 4.74 Å². The molecule has 0 spiro atoms. The van der Waals surface area contributed by atoms with Gasteiger partial charge in [-0.3, -0.25) is 4.98 Å². The predicted molar refractivity (Wildman–Crippen MR) is 83.9 cm³/mol. The van der Waals surface area contributed by atoms with Crippen molar-refractivity contribution in [2.75, 3.05) is 31.6 Å². The van der Waals surface area contributed by atoms with Crippen LogP contribution in [-0.2, 0) is 14.8 Å². The minimum Gasteiger partial charge on any atom is -0.384 e. The van der Waals surface area contributed by atoms with Gasteiger partial charge in [0, 0.05) is 32.1 Å². The van der Waals surface area contributed by atoms with Crippen molar-refractivity contribution in [2.24, 2.45) is 5.92 Å². The molecule has 0 aliphatic rings. The second-order valence-electron chi connectivity index (χ2n) is 5.17. The third kappa shape index (κ3) is 6.41. The van der Waals surface area contributed by atoms with E-state index in [2.05, 4.69) is 15.0 Å². The third-order valence-corrected chi connectivity index (χ3v) is 4.12. The maximum absolute atomic E-state index is 12.3. The van der Waals surface area contributed by atoms with Crippen molar-refractivity contribution in [2.45, 2.75) is 32.1 Å². The van der Waals surface area contributed by atoms with Gasteiger partial charge in [0.05, 0.1) is 12.3 Å². The first-order valence-corrected chi connectivity index (χ1v) is 8.71. The summed E-state index contributed by atoms with van der Waals surface area (Å²) in [4.78, 5) is 4.07. The summed E-state index contributed by atoms with van der Waals surface area (Å²) in [6.07, 6.45) is 3.84. The first kappa shape index (κ1) is 17.9. The molecule has 6 nitrogen and oxygen atoms in total. The van der Waals surface area contributed by atoms with E-state index in [0.29, 0.717) is 31.4 Å². The van der Waals surface area contributed by atoms with Crippen molar-refractivity contribution in [1.29, 1.82) is 0 Å². The Morgan fingerprint density at radius 2 is 2.10 bits per heavy atom. The van der Waals surface area contributed by atoms with E-state index >= 15 is 0 Å². The number of hydrogen-bond acceptors (Lipinski definition) is 5. The molecule has 0 saturated carbocycles. The largest absolute Gasteiger partial charge is 0.384 e. The number of nitrogens with zero attached hydrogens (tertiary/aromatic N) is 1. The Balaban J connectivity index is 2.61. The van der Waals surface area contributed by atoms with E-state index in [9.17, 15) is 8.42 Å². The fourth-order valence-corrected chi connectivity index (χ4v) is 2.78. The van der Waals surface area contributed by atoms with Crippen molar-refractivity contribution in [3.63, 3.8) is 0 Å². The first-order chi connectivity index (χ1) is 9.97. The average molecular weight is 315 g/mol. The van der Waals surface area contributed by atoms with Crippen molar-refractivity contribution in [1.82, 2.24) is 9.71 Å². The summed E-state index contributed by atoms with van der Waals surface area (Å²) in [5, 5.41) is 3.10. The second kappa shape index (κ2) is 8.96. The molecule has 21 heavy (non-hydrogen) atoms. The summed E-state index contributed by atoms with van der Waals surface area (Å²) in [6.45, 7) is 8.05. The fraction of sp³-hybridized carbons (Fsp3) is 0.643. The van der Waals surface area contributed by atoms with Gasteiger partial charge in [-0.2, -0.15) is 0 Å². The summed E-state index contributed by atoms with van der Waals surface area (Å²) >= 11 is 0. The summed E-state index contributed by atoms with van der Waals surface area (Å²) in [5.74, 6) is 0.435. The van der Waals surface area contributed by atoms with E-state index in [1.807, 2.05) is 20.8 Å². The lowest BCUT2D eigenvalue weighted by Gasteiger charge is -2.12. The number of anilines is 1. The number of sulfonamides is 1. The van der Waals surface area contributed by atoms with Gasteiger partial charge in [-0.15, -0.1) is 0 Å². The van der Waals surface area contributed by atoms with Crippen LogP contribution in [0.15, 0.2) is 23.4 Å². The van der Waals surface area contributed by atoms with Gasteiger partial charge in [-0.05, 0) is 18.4 Å². The average Bonchev–Trinajstić information content (AvgIpc) is 2.44. The molecule has 1 rings (SSSR count). The zero-order valence-electron chi connectivity index (χ0n) is 12.9. The van der Waals surface area contributed by atoms with E-state index in [1.165, 1.54) is 6.20 Å². The molecule has 7 heteroatoms. The Morgan fingerprint density at radius 3 is 2.76 bits per heavy atom. The van der Waals surface area contributed by atoms with Crippen molar-refractivity contribution < 1.29 is 13.2 Å². The summed E-state index contributed by atoms with van der Waals surface area (Å²) in [7, 11) is -3.58. The predicted octanol–water partition coefficient (Wildman–Crippen LogP) is 1.85. The van der Waals surface area contributed by atoms with Crippen LogP contribution in [0.5, 0.6) is 0 Å². The van der Waals surface area contributed by atoms with Crippen LogP contribution in [0.2, 0.25) is 0 Å². The van der Waals surface area contributed by atoms with Crippen LogP contribution in [0, 0.1) is 5.92 Å². The molecule has 2 N–H and O–H groups in total. The molecule has 0 amide bonds. The molecule has 0 fully saturated rings. The molecule has 0 aromatic carbocycles. The first-order valence-electron chi connectivity index (χ1n) is 7.22. The highest BCUT2D eigenvalue weighted by Crippen LogP contribution is 2.19. The van der Waals surface area contributed by atoms with Gasteiger partial charge in [0.1, 0.15) is 4.90 Å². The van der Waals surface area contributed by atoms with Crippen LogP contribution in [0.25, 0.3) is 0 Å². The van der Waals surface area contributed by atoms with Gasteiger partial charge >= 0.3 is 0 Å². The van der Waals surface area contributed by atoms with E-state index in [0.717, 1.165) is 6.42 Å². The highest BCUT2D eigenvalue weighted by atomic mass is 32.2. The van der Waals surface area contributed by atoms with E-state index in [1.54, 1.807) is 12.3 Å². The number of aromatic nitrogens is 1. The Labute approximate surface area is 127 Å². The maximum atomic E-state index is 12.3. The van der Waals surface area contributed by atoms with Crippen LogP contribution in [-0.4, -0.2) is 39.7 Å². The number of ether oxygens (including phenoxy) is 1. The molecule has 1 heterocycles. The lowest BCUT2D eigenvalue weighted by Crippen LogP contribution is -2.28. The van der Waals surface area contributed by atoms with Crippen LogP contribution < -0.4 is 10.0 Å². The topological polar surface area (TPSA) is 80.3 Å². The minimum absolute atomic E-state index is 0.169. The van der Waals surface area contributed by atoms with Crippen molar-refractivity contribution in [3.05, 3.63) is 18.5 Å². The highest BCUT2D eigenvalue weighted by Gasteiger charge is 2.18. The summed E-state index contributed by atoms with van der Waals surface area (Å²) < 4.78 is 32.4. The molecule has 0 saturated heterocycles. The number of rotatable bonds is 10. The molecule has 0 radical (unpaired) electrons. The summed E-state index contributed by atoms with van der Waals surface area (Å²) in [6, 6.07) is 1.67. The minimum atomic E-state index is -3.58. The zero-order valence-corrected chi connectivity index (χ0v) is 13.7. The molecular formula is C14H25N3O3S. The van der Waals surface area contributed by atoms with Gasteiger partial charge in [0.25, 0.3) is 0 Å². The number of nitrogens with one attached hydrogen (secondary N) is 2. The van der Waals surface area contributed by atoms with Gasteiger partial charge < -0.3 is 10.1 Å². The van der Waals surface area contributed by atoms with Crippen LogP contribution in [0.1, 0.15) is 27.2 Å². The molecule has 0 aliphatic carbocycles. The maximum Gasteiger partial charge on any atom is 0.244 e. The fourth-order valence-electron chi connectivity index (χ4n) is 1.64. The van der Waals surface area contributed by atoms with Gasteiger partial charge in [-0.1, -0.05) is 20.8 Å². The third-order valence-electron chi connectivity index (χ3n) is 2.63. The van der Waals surface area contributed by atoms with Gasteiger partial charge in [0.2, 0.25) is 10.0 Å². The Bertz CT molecular complexity index is 518. The lowest BCUT2D eigenvalue weighted by atomic mass is 10.2. The van der Waals surface area contributed by atoms with E-state index in [-0.39, 0.29) is 11.4 Å². The molecule has 120 valence electrons. The normalized spacial score (nSPS) is 11.8. The number of hydrogen-bond donors (Lipinski definition) is 2. The van der Waals surface area contributed by atoms with Crippen LogP contribution in [0.3, 0.4) is 0 Å². The quantitative estimate of drug-likeness (QED) is 0.644. The standard InChI is InChI=1S/C14H25N3O3S/c1-4-6-16-13-5-7-15-10-14(13)21(18,19)17-8-9-20-11-12(2)3/h5,7,10,12,17H,4,6,8-9,11H2,1-3H3,(H,15,16). The van der Waals surface area contributed by atoms with Crippen LogP contribution in [0.4, 0.5) is 5.69 Å². The summed E-state index contributed by atoms with van der Waals surface area (Å²) in [5.41, 5.74) is 0.572. The van der Waals surface area contributed by atoms with Crippen molar-refractivity contribution >= 4 is 15.7 Å². The molecule has 0 aliphatic heterocycles. The molecule has 0 bridgehead atoms.